The second-order valence-electron chi connectivity index (χ2n) is 6.01. The summed E-state index contributed by atoms with van der Waals surface area (Å²) in [7, 11) is 0. The van der Waals surface area contributed by atoms with Crippen molar-refractivity contribution in [3.8, 4) is 11.5 Å². The van der Waals surface area contributed by atoms with E-state index < -0.39 is 17.9 Å². The summed E-state index contributed by atoms with van der Waals surface area (Å²) in [6.45, 7) is 1.60. The lowest BCUT2D eigenvalue weighted by Gasteiger charge is -2.15. The molecule has 148 valence electrons. The number of aryl methyl sites for hydroxylation is 1. The van der Waals surface area contributed by atoms with Gasteiger partial charge in [-0.05, 0) is 36.2 Å². The van der Waals surface area contributed by atoms with Crippen molar-refractivity contribution in [2.24, 2.45) is 0 Å². The highest BCUT2D eigenvalue weighted by Gasteiger charge is 2.62. The van der Waals surface area contributed by atoms with Gasteiger partial charge in [-0.1, -0.05) is 23.7 Å². The molecule has 0 fully saturated rings. The van der Waals surface area contributed by atoms with Crippen LogP contribution in [0.3, 0.4) is 0 Å². The van der Waals surface area contributed by atoms with Crippen LogP contribution in [-0.2, 0) is 12.5 Å². The summed E-state index contributed by atoms with van der Waals surface area (Å²) in [5, 5.41) is 3.45. The molecule has 0 aliphatic rings. The van der Waals surface area contributed by atoms with Gasteiger partial charge < -0.3 is 5.73 Å². The topological polar surface area (TPSA) is 69.6 Å². The SMILES string of the molecule is Cc1cc(Cn2nc(C(F)(F)C(F)(F)F)nc2-c2ncccc2Cl)ccc1N. The minimum absolute atomic E-state index is 0.0338. The summed E-state index contributed by atoms with van der Waals surface area (Å²) in [6, 6.07) is 7.77. The Balaban J connectivity index is 2.14. The predicted molar refractivity (Wildman–Crippen MR) is 92.9 cm³/mol. The molecule has 5 nitrogen and oxygen atoms in total. The molecule has 0 bridgehead atoms. The van der Waals surface area contributed by atoms with Crippen molar-refractivity contribution in [1.82, 2.24) is 19.7 Å². The Bertz CT molecular complexity index is 1020. The van der Waals surface area contributed by atoms with Crippen LogP contribution in [0.4, 0.5) is 27.6 Å². The van der Waals surface area contributed by atoms with Gasteiger partial charge in [0.2, 0.25) is 5.82 Å². The first-order chi connectivity index (χ1) is 13.0. The number of nitrogens with zero attached hydrogens (tertiary/aromatic N) is 4. The van der Waals surface area contributed by atoms with Crippen molar-refractivity contribution < 1.29 is 22.0 Å². The van der Waals surface area contributed by atoms with Gasteiger partial charge in [-0.25, -0.2) is 9.67 Å². The van der Waals surface area contributed by atoms with Crippen molar-refractivity contribution >= 4 is 17.3 Å². The molecule has 3 aromatic rings. The van der Waals surface area contributed by atoms with Gasteiger partial charge >= 0.3 is 12.1 Å². The molecule has 2 aromatic heterocycles. The van der Waals surface area contributed by atoms with E-state index in [1.165, 1.54) is 18.3 Å². The Hall–Kier alpha value is -2.75. The van der Waals surface area contributed by atoms with Gasteiger partial charge in [-0.2, -0.15) is 22.0 Å². The van der Waals surface area contributed by atoms with Crippen LogP contribution in [0.15, 0.2) is 36.5 Å². The fourth-order valence-electron chi connectivity index (χ4n) is 2.45. The molecule has 1 aromatic carbocycles. The molecule has 0 saturated heterocycles. The molecule has 11 heteroatoms. The molecule has 0 spiro atoms. The normalized spacial score (nSPS) is 12.4. The maximum Gasteiger partial charge on any atom is 0.461 e. The summed E-state index contributed by atoms with van der Waals surface area (Å²) in [5.74, 6) is -7.21. The van der Waals surface area contributed by atoms with Crippen molar-refractivity contribution in [1.29, 1.82) is 0 Å². The molecule has 0 aliphatic heterocycles. The van der Waals surface area contributed by atoms with Gasteiger partial charge in [0.25, 0.3) is 0 Å². The number of anilines is 1. The lowest BCUT2D eigenvalue weighted by Crippen LogP contribution is -2.35. The van der Waals surface area contributed by atoms with E-state index in [1.54, 1.807) is 25.1 Å². The molecule has 0 unspecified atom stereocenters. The van der Waals surface area contributed by atoms with Crippen molar-refractivity contribution in [2.45, 2.75) is 25.6 Å². The van der Waals surface area contributed by atoms with Crippen LogP contribution in [0.25, 0.3) is 11.5 Å². The van der Waals surface area contributed by atoms with E-state index >= 15 is 0 Å². The monoisotopic (exact) mass is 417 g/mol. The molecule has 3 rings (SSSR count). The Labute approximate surface area is 161 Å². The number of nitrogens with two attached hydrogens (primary N) is 1. The molecule has 0 radical (unpaired) electrons. The number of aromatic nitrogens is 4. The van der Waals surface area contributed by atoms with Gasteiger partial charge in [0.15, 0.2) is 5.82 Å². The summed E-state index contributed by atoms with van der Waals surface area (Å²) in [6.07, 6.45) is -4.53. The standard InChI is InChI=1S/C17H13ClF5N5/c1-9-7-10(4-5-12(9)24)8-28-14(13-11(18)3-2-6-25-13)26-15(27-28)16(19,20)17(21,22)23/h2-7H,8,24H2,1H3. The molecule has 28 heavy (non-hydrogen) atoms. The van der Waals surface area contributed by atoms with Crippen LogP contribution in [-0.4, -0.2) is 25.9 Å². The smallest absolute Gasteiger partial charge is 0.399 e. The van der Waals surface area contributed by atoms with Crippen LogP contribution < -0.4 is 5.73 Å². The minimum atomic E-state index is -5.85. The maximum atomic E-state index is 13.8. The fourth-order valence-corrected chi connectivity index (χ4v) is 2.65. The second-order valence-corrected chi connectivity index (χ2v) is 6.42. The molecule has 0 atom stereocenters. The van der Waals surface area contributed by atoms with E-state index in [9.17, 15) is 22.0 Å². The zero-order chi connectivity index (χ0) is 20.7. The Kier molecular flexibility index (Phi) is 5.00. The Morgan fingerprint density at radius 1 is 1.14 bits per heavy atom. The number of benzene rings is 1. The van der Waals surface area contributed by atoms with E-state index in [-0.39, 0.29) is 23.1 Å². The Morgan fingerprint density at radius 2 is 1.86 bits per heavy atom. The van der Waals surface area contributed by atoms with E-state index in [1.807, 2.05) is 0 Å². The van der Waals surface area contributed by atoms with E-state index in [2.05, 4.69) is 15.1 Å². The number of rotatable bonds is 4. The third-order valence-corrected chi connectivity index (χ3v) is 4.25. The van der Waals surface area contributed by atoms with E-state index in [0.29, 0.717) is 11.3 Å². The lowest BCUT2D eigenvalue weighted by molar-refractivity contribution is -0.292. The van der Waals surface area contributed by atoms with Gasteiger partial charge in [-0.15, -0.1) is 5.10 Å². The first-order valence-corrected chi connectivity index (χ1v) is 8.24. The highest BCUT2D eigenvalue weighted by molar-refractivity contribution is 6.32. The number of pyridine rings is 1. The molecule has 0 aliphatic carbocycles. The molecule has 0 amide bonds. The summed E-state index contributed by atoms with van der Waals surface area (Å²) in [5.41, 5.74) is 7.49. The van der Waals surface area contributed by atoms with Crippen LogP contribution in [0, 0.1) is 6.92 Å². The fraction of sp³-hybridized carbons (Fsp3) is 0.235. The number of nitrogen functional groups attached to an aromatic ring is 1. The average Bonchev–Trinajstić information content (AvgIpc) is 3.02. The number of hydrogen-bond donors (Lipinski definition) is 1. The average molecular weight is 418 g/mol. The zero-order valence-electron chi connectivity index (χ0n) is 14.3. The quantitative estimate of drug-likeness (QED) is 0.498. The number of hydrogen-bond acceptors (Lipinski definition) is 4. The largest absolute Gasteiger partial charge is 0.461 e. The minimum Gasteiger partial charge on any atom is -0.399 e. The van der Waals surface area contributed by atoms with E-state index in [0.717, 1.165) is 10.2 Å². The summed E-state index contributed by atoms with van der Waals surface area (Å²) in [4.78, 5) is 7.36. The van der Waals surface area contributed by atoms with Crippen molar-refractivity contribution in [3.05, 3.63) is 58.5 Å². The van der Waals surface area contributed by atoms with Crippen LogP contribution in [0.1, 0.15) is 17.0 Å². The molecular weight excluding hydrogens is 405 g/mol. The second kappa shape index (κ2) is 7.01. The summed E-state index contributed by atoms with van der Waals surface area (Å²) >= 11 is 6.02. The maximum absolute atomic E-state index is 13.8. The van der Waals surface area contributed by atoms with Crippen LogP contribution in [0.5, 0.6) is 0 Å². The number of alkyl halides is 5. The zero-order valence-corrected chi connectivity index (χ0v) is 15.1. The lowest BCUT2D eigenvalue weighted by atomic mass is 10.1. The van der Waals surface area contributed by atoms with Crippen molar-refractivity contribution in [2.75, 3.05) is 5.73 Å². The third-order valence-electron chi connectivity index (χ3n) is 3.95. The van der Waals surface area contributed by atoms with Crippen LogP contribution in [0.2, 0.25) is 5.02 Å². The van der Waals surface area contributed by atoms with Crippen molar-refractivity contribution in [3.63, 3.8) is 0 Å². The molecule has 2 N–H and O–H groups in total. The molecule has 0 saturated carbocycles. The predicted octanol–water partition coefficient (Wildman–Crippen LogP) is 4.59. The number of halogens is 6. The Morgan fingerprint density at radius 3 is 2.46 bits per heavy atom. The van der Waals surface area contributed by atoms with Gasteiger partial charge in [0.1, 0.15) is 5.69 Å². The first kappa shape index (κ1) is 20.0. The summed E-state index contributed by atoms with van der Waals surface area (Å²) < 4.78 is 66.8. The highest BCUT2D eigenvalue weighted by Crippen LogP contribution is 2.43. The molecule has 2 heterocycles. The van der Waals surface area contributed by atoms with Gasteiger partial charge in [0.05, 0.1) is 11.6 Å². The van der Waals surface area contributed by atoms with Gasteiger partial charge in [-0.3, -0.25) is 4.98 Å². The molecular formula is C17H13ClF5N5. The van der Waals surface area contributed by atoms with Crippen LogP contribution >= 0.6 is 11.6 Å². The van der Waals surface area contributed by atoms with E-state index in [4.69, 9.17) is 17.3 Å². The first-order valence-electron chi connectivity index (χ1n) is 7.86. The highest BCUT2D eigenvalue weighted by atomic mass is 35.5. The third kappa shape index (κ3) is 3.64. The van der Waals surface area contributed by atoms with Gasteiger partial charge in [0, 0.05) is 11.9 Å².